The van der Waals surface area contributed by atoms with Crippen molar-refractivity contribution in [3.05, 3.63) is 33.8 Å². The normalized spacial score (nSPS) is 12.5. The zero-order valence-electron chi connectivity index (χ0n) is 7.46. The summed E-state index contributed by atoms with van der Waals surface area (Å²) in [5.74, 6) is -0.518. The number of rotatable bonds is 3. The number of ether oxygens (including phenoxy) is 1. The summed E-state index contributed by atoms with van der Waals surface area (Å²) in [4.78, 5) is 11.0. The van der Waals surface area contributed by atoms with Gasteiger partial charge in [0.2, 0.25) is 5.91 Å². The minimum absolute atomic E-state index is 0.370. The highest BCUT2D eigenvalue weighted by Crippen LogP contribution is 2.27. The summed E-state index contributed by atoms with van der Waals surface area (Å²) in [6, 6.07) is 5.04. The summed E-state index contributed by atoms with van der Waals surface area (Å²) in [5, 5.41) is 0. The summed E-state index contributed by atoms with van der Waals surface area (Å²) in [6.45, 7) is 0. The van der Waals surface area contributed by atoms with Gasteiger partial charge in [-0.15, -0.1) is 0 Å². The molecule has 1 atom stereocenters. The largest absolute Gasteiger partial charge is 0.366 e. The highest BCUT2D eigenvalue weighted by Gasteiger charge is 2.15. The van der Waals surface area contributed by atoms with Crippen molar-refractivity contribution >= 4 is 33.4 Å². The maximum atomic E-state index is 11.0. The Morgan fingerprint density at radius 1 is 1.64 bits per heavy atom. The summed E-state index contributed by atoms with van der Waals surface area (Å²) < 4.78 is 5.74. The van der Waals surface area contributed by atoms with Gasteiger partial charge in [0.05, 0.1) is 0 Å². The Bertz CT molecular complexity index is 357. The van der Waals surface area contributed by atoms with Crippen LogP contribution in [0, 0.1) is 0 Å². The van der Waals surface area contributed by atoms with E-state index in [0.717, 1.165) is 4.47 Å². The van der Waals surface area contributed by atoms with E-state index < -0.39 is 11.5 Å². The van der Waals surface area contributed by atoms with Gasteiger partial charge in [0.15, 0.2) is 5.56 Å². The second kappa shape index (κ2) is 4.77. The number of primary amides is 1. The van der Waals surface area contributed by atoms with Crippen LogP contribution in [0.2, 0.25) is 0 Å². The van der Waals surface area contributed by atoms with Crippen molar-refractivity contribution in [1.29, 1.82) is 0 Å². The number of halogens is 2. The van der Waals surface area contributed by atoms with Gasteiger partial charge in [-0.2, -0.15) is 0 Å². The third-order valence-electron chi connectivity index (χ3n) is 1.73. The molecule has 2 N–H and O–H groups in total. The van der Waals surface area contributed by atoms with Crippen molar-refractivity contribution in [3.8, 4) is 0 Å². The molecule has 5 heteroatoms. The number of hydrogen-bond donors (Lipinski definition) is 1. The van der Waals surface area contributed by atoms with E-state index in [1.54, 1.807) is 18.2 Å². The van der Waals surface area contributed by atoms with E-state index in [9.17, 15) is 4.79 Å². The van der Waals surface area contributed by atoms with Gasteiger partial charge in [0.25, 0.3) is 0 Å². The number of hydrogen-bond acceptors (Lipinski definition) is 2. The number of alkyl halides is 1. The van der Waals surface area contributed by atoms with E-state index in [-0.39, 0.29) is 0 Å². The first-order valence-electron chi connectivity index (χ1n) is 3.82. The Labute approximate surface area is 95.3 Å². The molecule has 0 spiro atoms. The van der Waals surface area contributed by atoms with Crippen molar-refractivity contribution < 1.29 is 9.53 Å². The number of carbonyl (C=O) groups excluding carboxylic acids is 1. The van der Waals surface area contributed by atoms with Crippen LogP contribution in [0.5, 0.6) is 0 Å². The van der Waals surface area contributed by atoms with Gasteiger partial charge in [-0.25, -0.2) is 0 Å². The first-order valence-corrected chi connectivity index (χ1v) is 5.05. The topological polar surface area (TPSA) is 52.3 Å². The van der Waals surface area contributed by atoms with Gasteiger partial charge in [-0.05, 0) is 18.2 Å². The van der Waals surface area contributed by atoms with E-state index in [0.29, 0.717) is 11.1 Å². The molecule has 1 rings (SSSR count). The zero-order chi connectivity index (χ0) is 10.7. The van der Waals surface area contributed by atoms with Crippen LogP contribution in [-0.2, 0) is 4.74 Å². The minimum atomic E-state index is -0.671. The summed E-state index contributed by atoms with van der Waals surface area (Å²) in [6.07, 6.45) is 0. The molecule has 3 nitrogen and oxygen atoms in total. The van der Waals surface area contributed by atoms with Gasteiger partial charge >= 0.3 is 0 Å². The molecule has 1 aromatic rings. The fourth-order valence-corrected chi connectivity index (χ4v) is 1.63. The lowest BCUT2D eigenvalue weighted by molar-refractivity contribution is 0.0994. The fourth-order valence-electron chi connectivity index (χ4n) is 1.07. The second-order valence-electron chi connectivity index (χ2n) is 2.65. The van der Waals surface area contributed by atoms with Crippen molar-refractivity contribution in [3.63, 3.8) is 0 Å². The number of carbonyl (C=O) groups is 1. The molecule has 0 saturated carbocycles. The molecular weight excluding hydrogens is 269 g/mol. The Balaban J connectivity index is 3.22. The summed E-state index contributed by atoms with van der Waals surface area (Å²) >= 11 is 9.14. The number of amides is 1. The number of benzene rings is 1. The maximum Gasteiger partial charge on any atom is 0.249 e. The zero-order valence-corrected chi connectivity index (χ0v) is 9.80. The monoisotopic (exact) mass is 277 g/mol. The molecule has 0 fully saturated rings. The number of methoxy groups -OCH3 is 1. The minimum Gasteiger partial charge on any atom is -0.366 e. The molecule has 0 heterocycles. The van der Waals surface area contributed by atoms with Gasteiger partial charge in [-0.1, -0.05) is 27.5 Å². The molecule has 0 radical (unpaired) electrons. The SMILES string of the molecule is COC(Cl)c1cc(Br)ccc1C(N)=O. The second-order valence-corrected chi connectivity index (χ2v) is 3.96. The molecule has 0 aliphatic heterocycles. The molecule has 0 aliphatic rings. The Hall–Kier alpha value is -0.580. The lowest BCUT2D eigenvalue weighted by Gasteiger charge is -2.11. The van der Waals surface area contributed by atoms with E-state index in [4.69, 9.17) is 22.1 Å². The van der Waals surface area contributed by atoms with Crippen LogP contribution >= 0.6 is 27.5 Å². The first kappa shape index (κ1) is 11.5. The maximum absolute atomic E-state index is 11.0. The van der Waals surface area contributed by atoms with E-state index >= 15 is 0 Å². The van der Waals surface area contributed by atoms with E-state index in [1.807, 2.05) is 0 Å². The average molecular weight is 279 g/mol. The molecule has 76 valence electrons. The highest BCUT2D eigenvalue weighted by atomic mass is 79.9. The van der Waals surface area contributed by atoms with Gasteiger partial charge < -0.3 is 10.5 Å². The van der Waals surface area contributed by atoms with E-state index in [2.05, 4.69) is 15.9 Å². The summed E-state index contributed by atoms with van der Waals surface area (Å²) in [7, 11) is 1.46. The van der Waals surface area contributed by atoms with E-state index in [1.165, 1.54) is 7.11 Å². The number of nitrogens with two attached hydrogens (primary N) is 1. The van der Waals surface area contributed by atoms with Crippen LogP contribution in [0.15, 0.2) is 22.7 Å². The Morgan fingerprint density at radius 3 is 2.79 bits per heavy atom. The standard InChI is InChI=1S/C9H9BrClNO2/c1-14-8(11)7-4-5(10)2-3-6(7)9(12)13/h2-4,8H,1H3,(H2,12,13). The predicted molar refractivity (Wildman–Crippen MR) is 58.3 cm³/mol. The van der Waals surface area contributed by atoms with Crippen molar-refractivity contribution in [2.24, 2.45) is 5.73 Å². The highest BCUT2D eigenvalue weighted by molar-refractivity contribution is 9.10. The Kier molecular flexibility index (Phi) is 3.92. The van der Waals surface area contributed by atoms with Crippen molar-refractivity contribution in [2.45, 2.75) is 5.56 Å². The summed E-state index contributed by atoms with van der Waals surface area (Å²) in [5.41, 5.74) is 5.45. The lowest BCUT2D eigenvalue weighted by Crippen LogP contribution is -2.14. The third-order valence-corrected chi connectivity index (χ3v) is 2.64. The molecule has 0 saturated heterocycles. The molecular formula is C9H9BrClNO2. The fraction of sp³-hybridized carbons (Fsp3) is 0.222. The van der Waals surface area contributed by atoms with Gasteiger partial charge in [-0.3, -0.25) is 4.79 Å². The molecule has 14 heavy (non-hydrogen) atoms. The van der Waals surface area contributed by atoms with Crippen molar-refractivity contribution in [1.82, 2.24) is 0 Å². The van der Waals surface area contributed by atoms with Gasteiger partial charge in [0, 0.05) is 22.7 Å². The van der Waals surface area contributed by atoms with Crippen LogP contribution in [0.3, 0.4) is 0 Å². The quantitative estimate of drug-likeness (QED) is 0.863. The van der Waals surface area contributed by atoms with Crippen LogP contribution in [0.4, 0.5) is 0 Å². The molecule has 1 aromatic carbocycles. The predicted octanol–water partition coefficient (Wildman–Crippen LogP) is 2.43. The molecule has 1 amide bonds. The molecule has 0 aromatic heterocycles. The third kappa shape index (κ3) is 2.47. The average Bonchev–Trinajstić information content (AvgIpc) is 2.16. The van der Waals surface area contributed by atoms with Crippen LogP contribution in [0.1, 0.15) is 21.5 Å². The van der Waals surface area contributed by atoms with Crippen LogP contribution in [-0.4, -0.2) is 13.0 Å². The lowest BCUT2D eigenvalue weighted by atomic mass is 10.1. The smallest absolute Gasteiger partial charge is 0.249 e. The molecule has 0 aliphatic carbocycles. The molecule has 1 unspecified atom stereocenters. The van der Waals surface area contributed by atoms with Crippen LogP contribution < -0.4 is 5.73 Å². The van der Waals surface area contributed by atoms with Gasteiger partial charge in [0.1, 0.15) is 0 Å². The van der Waals surface area contributed by atoms with Crippen molar-refractivity contribution in [2.75, 3.05) is 7.11 Å². The molecule has 0 bridgehead atoms. The van der Waals surface area contributed by atoms with Crippen LogP contribution in [0.25, 0.3) is 0 Å². The Morgan fingerprint density at radius 2 is 2.29 bits per heavy atom. The first-order chi connectivity index (χ1) is 6.56.